The molecule has 2 aromatic heterocycles. The Morgan fingerprint density at radius 2 is 2.05 bits per heavy atom. The quantitative estimate of drug-likeness (QED) is 0.715. The molecular weight excluding hydrogens is 258 g/mol. The number of nitrogen functional groups attached to an aromatic ring is 1. The van der Waals surface area contributed by atoms with Crippen LogP contribution in [0.2, 0.25) is 0 Å². The second-order valence-electron chi connectivity index (χ2n) is 4.58. The molecule has 1 aromatic carbocycles. The van der Waals surface area contributed by atoms with Crippen LogP contribution in [-0.2, 0) is 0 Å². The van der Waals surface area contributed by atoms with E-state index >= 15 is 0 Å². The Hall–Kier alpha value is -2.14. The van der Waals surface area contributed by atoms with Gasteiger partial charge in [-0.2, -0.15) is 0 Å². The van der Waals surface area contributed by atoms with Gasteiger partial charge in [0.1, 0.15) is 4.83 Å². The minimum absolute atomic E-state index is 0.158. The standard InChI is InChI=1S/C14H13N3OS/c1-7-3-4-9(5-8(7)2)10-6-19-13-11(10)12(18)16-14(15)17-13/h3-6H,1-2H3,(H3,15,16,17,18). The van der Waals surface area contributed by atoms with Gasteiger partial charge in [-0.25, -0.2) is 4.98 Å². The lowest BCUT2D eigenvalue weighted by molar-refractivity contribution is 1.20. The number of aromatic nitrogens is 2. The zero-order valence-corrected chi connectivity index (χ0v) is 11.5. The topological polar surface area (TPSA) is 71.8 Å². The number of thiophene rings is 1. The molecular formula is C14H13N3OS. The van der Waals surface area contributed by atoms with Crippen molar-refractivity contribution in [3.05, 3.63) is 45.1 Å². The van der Waals surface area contributed by atoms with Gasteiger partial charge < -0.3 is 5.73 Å². The van der Waals surface area contributed by atoms with E-state index in [1.807, 2.05) is 11.4 Å². The highest BCUT2D eigenvalue weighted by Crippen LogP contribution is 2.31. The lowest BCUT2D eigenvalue weighted by Crippen LogP contribution is -2.10. The number of fused-ring (bicyclic) bond motifs is 1. The molecule has 96 valence electrons. The van der Waals surface area contributed by atoms with Gasteiger partial charge in [0.15, 0.2) is 0 Å². The third-order valence-electron chi connectivity index (χ3n) is 3.28. The minimum Gasteiger partial charge on any atom is -0.369 e. The number of nitrogens with zero attached hydrogens (tertiary/aromatic N) is 1. The third-order valence-corrected chi connectivity index (χ3v) is 4.15. The molecule has 0 aliphatic rings. The normalized spacial score (nSPS) is 11.1. The Bertz CT molecular complexity index is 832. The summed E-state index contributed by atoms with van der Waals surface area (Å²) in [6.45, 7) is 4.13. The summed E-state index contributed by atoms with van der Waals surface area (Å²) in [5.41, 5.74) is 9.76. The van der Waals surface area contributed by atoms with E-state index in [-0.39, 0.29) is 11.5 Å². The van der Waals surface area contributed by atoms with Gasteiger partial charge in [-0.1, -0.05) is 18.2 Å². The molecule has 0 bridgehead atoms. The maximum Gasteiger partial charge on any atom is 0.261 e. The zero-order chi connectivity index (χ0) is 13.6. The van der Waals surface area contributed by atoms with Crippen LogP contribution in [0.4, 0.5) is 5.95 Å². The molecule has 0 saturated heterocycles. The molecule has 0 saturated carbocycles. The van der Waals surface area contributed by atoms with E-state index in [0.717, 1.165) is 11.1 Å². The van der Waals surface area contributed by atoms with Crippen LogP contribution in [0.15, 0.2) is 28.4 Å². The Kier molecular flexibility index (Phi) is 2.64. The van der Waals surface area contributed by atoms with Crippen LogP contribution in [0.3, 0.4) is 0 Å². The third kappa shape index (κ3) is 1.92. The minimum atomic E-state index is -0.183. The van der Waals surface area contributed by atoms with E-state index in [1.54, 1.807) is 0 Å². The molecule has 3 rings (SSSR count). The Morgan fingerprint density at radius 3 is 2.79 bits per heavy atom. The summed E-state index contributed by atoms with van der Waals surface area (Å²) in [5, 5.41) is 2.57. The molecule has 3 N–H and O–H groups in total. The predicted molar refractivity (Wildman–Crippen MR) is 79.6 cm³/mol. The van der Waals surface area contributed by atoms with Gasteiger partial charge in [0.2, 0.25) is 5.95 Å². The van der Waals surface area contributed by atoms with Gasteiger partial charge in [0, 0.05) is 10.9 Å². The van der Waals surface area contributed by atoms with Crippen LogP contribution in [0, 0.1) is 13.8 Å². The van der Waals surface area contributed by atoms with E-state index in [0.29, 0.717) is 10.2 Å². The summed E-state index contributed by atoms with van der Waals surface area (Å²) in [4.78, 5) is 19.4. The fourth-order valence-electron chi connectivity index (χ4n) is 2.09. The highest BCUT2D eigenvalue weighted by Gasteiger charge is 2.12. The largest absolute Gasteiger partial charge is 0.369 e. The monoisotopic (exact) mass is 271 g/mol. The summed E-state index contributed by atoms with van der Waals surface area (Å²) in [5.74, 6) is 0.158. The number of anilines is 1. The van der Waals surface area contributed by atoms with E-state index in [2.05, 4.69) is 35.9 Å². The first kappa shape index (κ1) is 11.9. The van der Waals surface area contributed by atoms with Crippen molar-refractivity contribution in [2.45, 2.75) is 13.8 Å². The Balaban J connectivity index is 2.31. The van der Waals surface area contributed by atoms with Gasteiger partial charge in [-0.05, 0) is 30.5 Å². The van der Waals surface area contributed by atoms with Crippen molar-refractivity contribution in [3.8, 4) is 11.1 Å². The summed E-state index contributed by atoms with van der Waals surface area (Å²) < 4.78 is 0. The molecule has 3 aromatic rings. The molecule has 0 fully saturated rings. The van der Waals surface area contributed by atoms with E-state index in [4.69, 9.17) is 5.73 Å². The zero-order valence-electron chi connectivity index (χ0n) is 10.7. The maximum absolute atomic E-state index is 12.0. The smallest absolute Gasteiger partial charge is 0.261 e. The molecule has 0 atom stereocenters. The molecule has 19 heavy (non-hydrogen) atoms. The first-order chi connectivity index (χ1) is 9.06. The van der Waals surface area contributed by atoms with Crippen molar-refractivity contribution in [2.24, 2.45) is 0 Å². The average Bonchev–Trinajstić information content (AvgIpc) is 2.76. The van der Waals surface area contributed by atoms with Gasteiger partial charge >= 0.3 is 0 Å². The van der Waals surface area contributed by atoms with Crippen molar-refractivity contribution in [3.63, 3.8) is 0 Å². The van der Waals surface area contributed by atoms with E-state index in [9.17, 15) is 4.79 Å². The molecule has 5 heteroatoms. The number of H-pyrrole nitrogens is 1. The second-order valence-corrected chi connectivity index (χ2v) is 5.44. The van der Waals surface area contributed by atoms with Gasteiger partial charge in [0.25, 0.3) is 5.56 Å². The van der Waals surface area contributed by atoms with Crippen molar-refractivity contribution < 1.29 is 0 Å². The number of aryl methyl sites for hydroxylation is 2. The van der Waals surface area contributed by atoms with Crippen molar-refractivity contribution in [1.82, 2.24) is 9.97 Å². The van der Waals surface area contributed by atoms with E-state index in [1.165, 1.54) is 22.5 Å². The van der Waals surface area contributed by atoms with Crippen LogP contribution in [0.1, 0.15) is 11.1 Å². The molecule has 0 aliphatic carbocycles. The molecule has 0 spiro atoms. The van der Waals surface area contributed by atoms with Crippen LogP contribution in [-0.4, -0.2) is 9.97 Å². The van der Waals surface area contributed by atoms with Crippen LogP contribution >= 0.6 is 11.3 Å². The van der Waals surface area contributed by atoms with Gasteiger partial charge in [0.05, 0.1) is 5.39 Å². The number of benzene rings is 1. The molecule has 2 heterocycles. The van der Waals surface area contributed by atoms with Crippen LogP contribution in [0.25, 0.3) is 21.3 Å². The highest BCUT2D eigenvalue weighted by molar-refractivity contribution is 7.17. The van der Waals surface area contributed by atoms with E-state index < -0.39 is 0 Å². The fraction of sp³-hybridized carbons (Fsp3) is 0.143. The first-order valence-corrected chi connectivity index (χ1v) is 6.79. The SMILES string of the molecule is Cc1ccc(-c2csc3nc(N)[nH]c(=O)c23)cc1C. The predicted octanol–water partition coefficient (Wildman–Crippen LogP) is 2.85. The van der Waals surface area contributed by atoms with Crippen LogP contribution < -0.4 is 11.3 Å². The van der Waals surface area contributed by atoms with Gasteiger partial charge in [-0.3, -0.25) is 9.78 Å². The lowest BCUT2D eigenvalue weighted by Gasteiger charge is -2.04. The molecule has 0 amide bonds. The molecule has 0 aliphatic heterocycles. The Labute approximate surface area is 113 Å². The number of nitrogens with two attached hydrogens (primary N) is 1. The van der Waals surface area contributed by atoms with Gasteiger partial charge in [-0.15, -0.1) is 11.3 Å². The summed E-state index contributed by atoms with van der Waals surface area (Å²) >= 11 is 1.44. The fourth-order valence-corrected chi connectivity index (χ4v) is 3.04. The number of rotatable bonds is 1. The Morgan fingerprint density at radius 1 is 1.26 bits per heavy atom. The maximum atomic E-state index is 12.0. The number of aromatic amines is 1. The number of hydrogen-bond acceptors (Lipinski definition) is 4. The highest BCUT2D eigenvalue weighted by atomic mass is 32.1. The van der Waals surface area contributed by atoms with Crippen molar-refractivity contribution in [1.29, 1.82) is 0 Å². The lowest BCUT2D eigenvalue weighted by atomic mass is 10.0. The van der Waals surface area contributed by atoms with Crippen molar-refractivity contribution in [2.75, 3.05) is 5.73 Å². The average molecular weight is 271 g/mol. The first-order valence-electron chi connectivity index (χ1n) is 5.91. The second kappa shape index (κ2) is 4.20. The summed E-state index contributed by atoms with van der Waals surface area (Å²) in [6.07, 6.45) is 0. The van der Waals surface area contributed by atoms with Crippen LogP contribution in [0.5, 0.6) is 0 Å². The van der Waals surface area contributed by atoms with Crippen molar-refractivity contribution >= 4 is 27.5 Å². The molecule has 0 radical (unpaired) electrons. The summed E-state index contributed by atoms with van der Waals surface area (Å²) in [6, 6.07) is 6.18. The molecule has 4 nitrogen and oxygen atoms in total. The number of hydrogen-bond donors (Lipinski definition) is 2. The molecule has 0 unspecified atom stereocenters. The number of nitrogens with one attached hydrogen (secondary N) is 1. The summed E-state index contributed by atoms with van der Waals surface area (Å²) in [7, 11) is 0.